The molecule has 0 aromatic carbocycles. The van der Waals surface area contributed by atoms with E-state index < -0.39 is 9.76 Å². The van der Waals surface area contributed by atoms with Crippen molar-refractivity contribution in [2.45, 2.75) is 36.9 Å². The summed E-state index contributed by atoms with van der Waals surface area (Å²) in [7, 11) is 0. The maximum Gasteiger partial charge on any atom is 0.305 e. The smallest absolute Gasteiger partial charge is 0.305 e. The van der Waals surface area contributed by atoms with Crippen LogP contribution in [0.2, 0.25) is 0 Å². The van der Waals surface area contributed by atoms with Crippen LogP contribution in [-0.4, -0.2) is 28.9 Å². The molecule has 0 bridgehead atoms. The van der Waals surface area contributed by atoms with Crippen LogP contribution in [0, 0.1) is 5.92 Å². The third kappa shape index (κ3) is 12.3. The van der Waals surface area contributed by atoms with E-state index in [1.54, 1.807) is 0 Å². The summed E-state index contributed by atoms with van der Waals surface area (Å²) in [6.07, 6.45) is 0.628. The molecule has 0 heterocycles. The van der Waals surface area contributed by atoms with E-state index in [2.05, 4.69) is 0 Å². The molecule has 4 nitrogen and oxygen atoms in total. The number of halogens is 3. The lowest BCUT2D eigenvalue weighted by Crippen LogP contribution is -2.17. The topological polar surface area (TPSA) is 52.6 Å². The van der Waals surface area contributed by atoms with Crippen LogP contribution in [0.4, 0.5) is 0 Å². The summed E-state index contributed by atoms with van der Waals surface area (Å²) in [5, 5.41) is 0. The van der Waals surface area contributed by atoms with Crippen LogP contribution in [0.1, 0.15) is 33.1 Å². The minimum Gasteiger partial charge on any atom is -0.465 e. The predicted molar refractivity (Wildman–Crippen MR) is 70.9 cm³/mol. The molecule has 0 spiro atoms. The van der Waals surface area contributed by atoms with Gasteiger partial charge >= 0.3 is 11.9 Å². The first kappa shape index (κ1) is 17.8. The van der Waals surface area contributed by atoms with Gasteiger partial charge in [-0.25, -0.2) is 0 Å². The van der Waals surface area contributed by atoms with Gasteiger partial charge in [0, 0.05) is 12.8 Å². The highest BCUT2D eigenvalue weighted by atomic mass is 35.6. The lowest BCUT2D eigenvalue weighted by molar-refractivity contribution is -0.146. The molecule has 0 aliphatic heterocycles. The molecule has 106 valence electrons. The van der Waals surface area contributed by atoms with Crippen LogP contribution in [0.5, 0.6) is 0 Å². The maximum absolute atomic E-state index is 11.2. The van der Waals surface area contributed by atoms with Crippen molar-refractivity contribution in [3.05, 3.63) is 0 Å². The summed E-state index contributed by atoms with van der Waals surface area (Å²) in [5.74, 6) is -0.529. The van der Waals surface area contributed by atoms with Gasteiger partial charge in [0.1, 0.15) is 6.61 Å². The van der Waals surface area contributed by atoms with Gasteiger partial charge in [-0.05, 0) is 12.3 Å². The van der Waals surface area contributed by atoms with E-state index in [1.165, 1.54) is 0 Å². The van der Waals surface area contributed by atoms with Gasteiger partial charge in [0.25, 0.3) is 0 Å². The molecular formula is C11H17Cl3O4. The van der Waals surface area contributed by atoms with E-state index in [0.29, 0.717) is 18.9 Å². The Balaban J connectivity index is 3.59. The second-order valence-corrected chi connectivity index (χ2v) is 6.72. The zero-order valence-corrected chi connectivity index (χ0v) is 12.6. The van der Waals surface area contributed by atoms with E-state index in [4.69, 9.17) is 44.3 Å². The fraction of sp³-hybridized carbons (Fsp3) is 0.818. The van der Waals surface area contributed by atoms with Crippen LogP contribution in [0.25, 0.3) is 0 Å². The largest absolute Gasteiger partial charge is 0.465 e. The molecule has 0 unspecified atom stereocenters. The number of esters is 2. The normalized spacial score (nSPS) is 11.4. The van der Waals surface area contributed by atoms with Crippen molar-refractivity contribution in [2.75, 3.05) is 13.2 Å². The van der Waals surface area contributed by atoms with E-state index in [9.17, 15) is 9.59 Å². The number of carbonyl (C=O) groups is 2. The third-order valence-electron chi connectivity index (χ3n) is 1.74. The van der Waals surface area contributed by atoms with Crippen LogP contribution in [0.15, 0.2) is 0 Å². The zero-order chi connectivity index (χ0) is 14.2. The first-order chi connectivity index (χ1) is 8.20. The van der Waals surface area contributed by atoms with Crippen molar-refractivity contribution >= 4 is 46.7 Å². The summed E-state index contributed by atoms with van der Waals surface area (Å²) in [4.78, 5) is 22.4. The van der Waals surface area contributed by atoms with E-state index >= 15 is 0 Å². The van der Waals surface area contributed by atoms with Gasteiger partial charge in [-0.3, -0.25) is 9.59 Å². The highest BCUT2D eigenvalue weighted by Gasteiger charge is 2.22. The molecule has 0 aliphatic rings. The molecule has 0 aromatic rings. The first-order valence-corrected chi connectivity index (χ1v) is 6.72. The molecule has 0 saturated heterocycles. The summed E-state index contributed by atoms with van der Waals surface area (Å²) < 4.78 is 8.04. The van der Waals surface area contributed by atoms with Crippen LogP contribution >= 0.6 is 34.8 Å². The molecule has 0 atom stereocenters. The molecule has 18 heavy (non-hydrogen) atoms. The highest BCUT2D eigenvalue weighted by Crippen LogP contribution is 2.26. The second kappa shape index (κ2) is 8.83. The average molecular weight is 320 g/mol. The lowest BCUT2D eigenvalue weighted by Gasteiger charge is -2.11. The molecular weight excluding hydrogens is 302 g/mol. The molecule has 0 fully saturated rings. The molecule has 0 aliphatic carbocycles. The van der Waals surface area contributed by atoms with Gasteiger partial charge in [-0.15, -0.1) is 0 Å². The van der Waals surface area contributed by atoms with E-state index in [0.717, 1.165) is 0 Å². The van der Waals surface area contributed by atoms with Crippen molar-refractivity contribution < 1.29 is 19.1 Å². The highest BCUT2D eigenvalue weighted by molar-refractivity contribution is 6.67. The van der Waals surface area contributed by atoms with E-state index in [1.807, 2.05) is 13.8 Å². The van der Waals surface area contributed by atoms with Gasteiger partial charge in [-0.2, -0.15) is 0 Å². The standard InChI is InChI=1S/C11H17Cl3O4/c1-8(2)6-17-9(15)4-3-5-10(16)18-7-11(12,13)14/h8H,3-7H2,1-2H3. The van der Waals surface area contributed by atoms with Gasteiger partial charge in [0.2, 0.25) is 3.79 Å². The van der Waals surface area contributed by atoms with Gasteiger partial charge < -0.3 is 9.47 Å². The van der Waals surface area contributed by atoms with Crippen LogP contribution < -0.4 is 0 Å². The number of carbonyl (C=O) groups excluding carboxylic acids is 2. The molecule has 0 aromatic heterocycles. The monoisotopic (exact) mass is 318 g/mol. The summed E-state index contributed by atoms with van der Waals surface area (Å²) in [5.41, 5.74) is 0. The van der Waals surface area contributed by atoms with Crippen molar-refractivity contribution in [3.8, 4) is 0 Å². The maximum atomic E-state index is 11.2. The average Bonchev–Trinajstić information content (AvgIpc) is 2.22. The quantitative estimate of drug-likeness (QED) is 0.534. The summed E-state index contributed by atoms with van der Waals surface area (Å²) >= 11 is 16.2. The number of hydrogen-bond donors (Lipinski definition) is 0. The number of hydrogen-bond acceptors (Lipinski definition) is 4. The third-order valence-corrected chi connectivity index (χ3v) is 2.06. The molecule has 0 amide bonds. The summed E-state index contributed by atoms with van der Waals surface area (Å²) in [6.45, 7) is 3.98. The number of alkyl halides is 3. The fourth-order valence-electron chi connectivity index (χ4n) is 0.943. The Hall–Kier alpha value is -0.190. The molecule has 7 heteroatoms. The van der Waals surface area contributed by atoms with Gasteiger partial charge in [-0.1, -0.05) is 48.7 Å². The van der Waals surface area contributed by atoms with Crippen LogP contribution in [0.3, 0.4) is 0 Å². The minimum atomic E-state index is -1.61. The van der Waals surface area contributed by atoms with Gasteiger partial charge in [0.05, 0.1) is 6.61 Å². The fourth-order valence-corrected chi connectivity index (χ4v) is 1.11. The summed E-state index contributed by atoms with van der Waals surface area (Å²) in [6, 6.07) is 0. The Labute approximate surface area is 122 Å². The molecule has 0 N–H and O–H groups in total. The van der Waals surface area contributed by atoms with Crippen molar-refractivity contribution in [3.63, 3.8) is 0 Å². The SMILES string of the molecule is CC(C)COC(=O)CCCC(=O)OCC(Cl)(Cl)Cl. The molecule has 0 saturated carbocycles. The Morgan fingerprint density at radius 2 is 1.56 bits per heavy atom. The Morgan fingerprint density at radius 1 is 1.06 bits per heavy atom. The first-order valence-electron chi connectivity index (χ1n) is 5.58. The number of rotatable bonds is 7. The molecule has 0 rings (SSSR count). The number of ether oxygens (including phenoxy) is 2. The van der Waals surface area contributed by atoms with Crippen molar-refractivity contribution in [1.29, 1.82) is 0 Å². The van der Waals surface area contributed by atoms with Crippen LogP contribution in [-0.2, 0) is 19.1 Å². The Morgan fingerprint density at radius 3 is 2.00 bits per heavy atom. The van der Waals surface area contributed by atoms with E-state index in [-0.39, 0.29) is 25.4 Å². The van der Waals surface area contributed by atoms with Crippen molar-refractivity contribution in [2.24, 2.45) is 5.92 Å². The molecule has 0 radical (unpaired) electrons. The predicted octanol–water partition coefficient (Wildman–Crippen LogP) is 3.27. The Bertz CT molecular complexity index is 274. The Kier molecular flexibility index (Phi) is 8.74. The second-order valence-electron chi connectivity index (χ2n) is 4.21. The minimum absolute atomic E-state index is 0.0948. The van der Waals surface area contributed by atoms with Crippen molar-refractivity contribution in [1.82, 2.24) is 0 Å². The zero-order valence-electron chi connectivity index (χ0n) is 10.4. The van der Waals surface area contributed by atoms with Gasteiger partial charge in [0.15, 0.2) is 0 Å². The lowest BCUT2D eigenvalue weighted by atomic mass is 10.2.